The average Bonchev–Trinajstić information content (AvgIpc) is 2.62. The Morgan fingerprint density at radius 3 is 2.71 bits per heavy atom. The molecule has 0 bridgehead atoms. The van der Waals surface area contributed by atoms with Gasteiger partial charge in [0.2, 0.25) is 6.10 Å². The number of hydrogen-bond donors (Lipinski definition) is 0. The van der Waals surface area contributed by atoms with Crippen molar-refractivity contribution in [1.82, 2.24) is 4.90 Å². The Morgan fingerprint density at radius 2 is 1.92 bits per heavy atom. The van der Waals surface area contributed by atoms with Crippen LogP contribution < -0.4 is 14.2 Å². The number of carbonyl (C=O) groups is 1. The van der Waals surface area contributed by atoms with E-state index in [9.17, 15) is 4.79 Å². The van der Waals surface area contributed by atoms with Crippen molar-refractivity contribution >= 4 is 17.5 Å². The maximum Gasteiger partial charge on any atom is 0.267 e. The number of para-hydroxylation sites is 3. The van der Waals surface area contributed by atoms with Gasteiger partial charge in [0, 0.05) is 7.05 Å². The highest BCUT2D eigenvalue weighted by Gasteiger charge is 2.29. The van der Waals surface area contributed by atoms with E-state index in [0.717, 1.165) is 0 Å². The van der Waals surface area contributed by atoms with E-state index in [-0.39, 0.29) is 12.5 Å². The molecular formula is C18H18ClNO4. The topological polar surface area (TPSA) is 48.0 Å². The van der Waals surface area contributed by atoms with Gasteiger partial charge in [0.05, 0.1) is 11.6 Å². The predicted octanol–water partition coefficient (Wildman–Crippen LogP) is 3.02. The largest absolute Gasteiger partial charge is 0.490 e. The first-order chi connectivity index (χ1) is 11.6. The first-order valence-corrected chi connectivity index (χ1v) is 8.04. The van der Waals surface area contributed by atoms with Crippen LogP contribution in [0.5, 0.6) is 17.2 Å². The number of rotatable bonds is 5. The normalized spacial score (nSPS) is 15.7. The third-order valence-corrected chi connectivity index (χ3v) is 3.99. The molecule has 0 spiro atoms. The van der Waals surface area contributed by atoms with Gasteiger partial charge in [-0.2, -0.15) is 0 Å². The molecule has 6 heteroatoms. The van der Waals surface area contributed by atoms with E-state index in [0.29, 0.717) is 35.4 Å². The fraction of sp³-hybridized carbons (Fsp3) is 0.278. The molecular weight excluding hydrogens is 330 g/mol. The number of ether oxygens (including phenoxy) is 3. The molecule has 1 amide bonds. The average molecular weight is 348 g/mol. The first-order valence-electron chi connectivity index (χ1n) is 7.66. The van der Waals surface area contributed by atoms with E-state index in [1.165, 1.54) is 0 Å². The van der Waals surface area contributed by atoms with E-state index in [1.807, 2.05) is 30.3 Å². The molecule has 0 saturated carbocycles. The van der Waals surface area contributed by atoms with Gasteiger partial charge in [-0.3, -0.25) is 4.79 Å². The van der Waals surface area contributed by atoms with Crippen LogP contribution in [0, 0.1) is 0 Å². The van der Waals surface area contributed by atoms with Crippen LogP contribution in [0.2, 0.25) is 5.02 Å². The molecule has 1 aliphatic heterocycles. The molecule has 1 aliphatic rings. The molecule has 2 aromatic rings. The highest BCUT2D eigenvalue weighted by Crippen LogP contribution is 2.31. The Hall–Kier alpha value is -2.40. The third kappa shape index (κ3) is 3.74. The van der Waals surface area contributed by atoms with Crippen molar-refractivity contribution < 1.29 is 19.0 Å². The second kappa shape index (κ2) is 7.45. The summed E-state index contributed by atoms with van der Waals surface area (Å²) in [6.07, 6.45) is -0.648. The summed E-state index contributed by atoms with van der Waals surface area (Å²) >= 11 is 6.03. The number of hydrogen-bond acceptors (Lipinski definition) is 4. The summed E-state index contributed by atoms with van der Waals surface area (Å²) in [6.45, 7) is 0.966. The van der Waals surface area contributed by atoms with Crippen molar-refractivity contribution in [3.05, 3.63) is 53.6 Å². The van der Waals surface area contributed by atoms with Crippen LogP contribution in [0.15, 0.2) is 48.5 Å². The van der Waals surface area contributed by atoms with Crippen LogP contribution >= 0.6 is 11.6 Å². The summed E-state index contributed by atoms with van der Waals surface area (Å²) in [4.78, 5) is 14.0. The predicted molar refractivity (Wildman–Crippen MR) is 90.9 cm³/mol. The Bertz CT molecular complexity index is 722. The number of halogens is 1. The number of likely N-dealkylation sites (N-methyl/N-ethyl adjacent to an activating group) is 1. The number of nitrogens with zero attached hydrogens (tertiary/aromatic N) is 1. The minimum atomic E-state index is -0.648. The Morgan fingerprint density at radius 1 is 1.21 bits per heavy atom. The highest BCUT2D eigenvalue weighted by molar-refractivity contribution is 6.32. The fourth-order valence-corrected chi connectivity index (χ4v) is 2.54. The zero-order chi connectivity index (χ0) is 16.9. The molecule has 0 aliphatic carbocycles. The lowest BCUT2D eigenvalue weighted by molar-refractivity contribution is -0.140. The van der Waals surface area contributed by atoms with Gasteiger partial charge in [0.15, 0.2) is 11.5 Å². The summed E-state index contributed by atoms with van der Waals surface area (Å²) in [5.41, 5.74) is 0. The molecule has 1 heterocycles. The van der Waals surface area contributed by atoms with Gasteiger partial charge in [-0.15, -0.1) is 0 Å². The third-order valence-electron chi connectivity index (χ3n) is 3.68. The zero-order valence-corrected chi connectivity index (χ0v) is 14.0. The molecule has 5 nitrogen and oxygen atoms in total. The lowest BCUT2D eigenvalue weighted by atomic mass is 10.2. The van der Waals surface area contributed by atoms with Crippen LogP contribution in [0.4, 0.5) is 0 Å². The summed E-state index contributed by atoms with van der Waals surface area (Å²) in [7, 11) is 1.71. The minimum absolute atomic E-state index is 0.146. The second-order valence-corrected chi connectivity index (χ2v) is 5.81. The summed E-state index contributed by atoms with van der Waals surface area (Å²) in [5, 5.41) is 0.548. The van der Waals surface area contributed by atoms with E-state index >= 15 is 0 Å². The molecule has 0 aromatic heterocycles. The van der Waals surface area contributed by atoms with Gasteiger partial charge >= 0.3 is 0 Å². The van der Waals surface area contributed by atoms with E-state index in [4.69, 9.17) is 25.8 Å². The van der Waals surface area contributed by atoms with Crippen LogP contribution in [0.25, 0.3) is 0 Å². The van der Waals surface area contributed by atoms with Crippen LogP contribution in [-0.2, 0) is 4.79 Å². The van der Waals surface area contributed by atoms with E-state index < -0.39 is 6.10 Å². The number of carbonyl (C=O) groups excluding carboxylic acids is 1. The number of amides is 1. The molecule has 3 rings (SSSR count). The van der Waals surface area contributed by atoms with Crippen molar-refractivity contribution in [2.24, 2.45) is 0 Å². The maximum atomic E-state index is 12.5. The fourth-order valence-electron chi connectivity index (χ4n) is 2.35. The molecule has 0 fully saturated rings. The van der Waals surface area contributed by atoms with Crippen molar-refractivity contribution in [2.45, 2.75) is 6.10 Å². The molecule has 1 unspecified atom stereocenters. The van der Waals surface area contributed by atoms with Gasteiger partial charge < -0.3 is 19.1 Å². The molecule has 0 N–H and O–H groups in total. The summed E-state index contributed by atoms with van der Waals surface area (Å²) < 4.78 is 16.9. The molecule has 0 radical (unpaired) electrons. The SMILES string of the molecule is CN(CCOc1ccccc1Cl)C(=O)C1COc2ccccc2O1. The van der Waals surface area contributed by atoms with Gasteiger partial charge in [0.25, 0.3) is 5.91 Å². The van der Waals surface area contributed by atoms with Gasteiger partial charge in [-0.25, -0.2) is 0 Å². The minimum Gasteiger partial charge on any atom is -0.490 e. The molecule has 2 aromatic carbocycles. The first kappa shape index (κ1) is 16.5. The Balaban J connectivity index is 1.51. The van der Waals surface area contributed by atoms with E-state index in [2.05, 4.69) is 0 Å². The highest BCUT2D eigenvalue weighted by atomic mass is 35.5. The summed E-state index contributed by atoms with van der Waals surface area (Å²) in [5.74, 6) is 1.70. The van der Waals surface area contributed by atoms with Crippen molar-refractivity contribution in [3.8, 4) is 17.2 Å². The van der Waals surface area contributed by atoms with Gasteiger partial charge in [-0.1, -0.05) is 35.9 Å². The Kier molecular flexibility index (Phi) is 5.11. The van der Waals surface area contributed by atoms with Gasteiger partial charge in [-0.05, 0) is 24.3 Å². The number of benzene rings is 2. The molecule has 24 heavy (non-hydrogen) atoms. The molecule has 1 atom stereocenters. The molecule has 126 valence electrons. The van der Waals surface area contributed by atoms with Crippen molar-refractivity contribution in [3.63, 3.8) is 0 Å². The van der Waals surface area contributed by atoms with Crippen LogP contribution in [-0.4, -0.2) is 43.7 Å². The quantitative estimate of drug-likeness (QED) is 0.834. The van der Waals surface area contributed by atoms with Crippen molar-refractivity contribution in [1.29, 1.82) is 0 Å². The lowest BCUT2D eigenvalue weighted by Crippen LogP contribution is -2.45. The molecule has 0 saturated heterocycles. The monoisotopic (exact) mass is 347 g/mol. The summed E-state index contributed by atoms with van der Waals surface area (Å²) in [6, 6.07) is 14.5. The number of fused-ring (bicyclic) bond motifs is 1. The van der Waals surface area contributed by atoms with Gasteiger partial charge in [0.1, 0.15) is 19.0 Å². The van der Waals surface area contributed by atoms with Crippen LogP contribution in [0.1, 0.15) is 0 Å². The second-order valence-electron chi connectivity index (χ2n) is 5.40. The maximum absolute atomic E-state index is 12.5. The smallest absolute Gasteiger partial charge is 0.267 e. The standard InChI is InChI=1S/C18H18ClNO4/c1-20(10-11-22-14-7-3-2-6-13(14)19)18(21)17-12-23-15-8-4-5-9-16(15)24-17/h2-9,17H,10-12H2,1H3. The lowest BCUT2D eigenvalue weighted by Gasteiger charge is -2.28. The van der Waals surface area contributed by atoms with E-state index in [1.54, 1.807) is 30.1 Å². The van der Waals surface area contributed by atoms with Crippen molar-refractivity contribution in [2.75, 3.05) is 26.8 Å². The Labute approximate surface area is 145 Å². The van der Waals surface area contributed by atoms with Crippen LogP contribution in [0.3, 0.4) is 0 Å². The zero-order valence-electron chi connectivity index (χ0n) is 13.3.